The third kappa shape index (κ3) is 13.7. The van der Waals surface area contributed by atoms with Gasteiger partial charge in [0.1, 0.15) is 0 Å². The van der Waals surface area contributed by atoms with E-state index < -0.39 is 0 Å². The first-order valence-corrected chi connectivity index (χ1v) is 13.6. The van der Waals surface area contributed by atoms with Crippen LogP contribution in [0.5, 0.6) is 0 Å². The van der Waals surface area contributed by atoms with E-state index in [0.29, 0.717) is 0 Å². The van der Waals surface area contributed by atoms with Gasteiger partial charge in [0.2, 0.25) is 0 Å². The fraction of sp³-hybridized carbons (Fsp3) is 1.00. The minimum absolute atomic E-state index is 1.25. The molecule has 0 aliphatic carbocycles. The third-order valence-electron chi connectivity index (χ3n) is 3.64. The molecule has 0 bridgehead atoms. The lowest BCUT2D eigenvalue weighted by Crippen LogP contribution is -2.35. The largest absolute Gasteiger partial charge is 0.706 e. The average Bonchev–Trinajstić information content (AvgIpc) is 2.96. The first kappa shape index (κ1) is 22.0. The fourth-order valence-electron chi connectivity index (χ4n) is 2.41. The smallest absolute Gasteiger partial charge is 0.0784 e. The molecule has 2 aliphatic rings. The van der Waals surface area contributed by atoms with Crippen LogP contribution in [-0.4, -0.2) is 63.3 Å². The van der Waals surface area contributed by atoms with Crippen molar-refractivity contribution in [1.82, 2.24) is 0 Å². The van der Waals surface area contributed by atoms with Crippen molar-refractivity contribution >= 4 is 62.6 Å². The summed E-state index contributed by atoms with van der Waals surface area (Å²) in [5.41, 5.74) is 0. The molecule has 0 N–H and O–H groups in total. The summed E-state index contributed by atoms with van der Waals surface area (Å²) in [6, 6.07) is 0. The molecule has 2 fully saturated rings. The van der Waals surface area contributed by atoms with Gasteiger partial charge in [-0.1, -0.05) is 0 Å². The van der Waals surface area contributed by atoms with Crippen LogP contribution in [0.4, 0.5) is 0 Å². The normalized spacial score (nSPS) is 22.5. The van der Waals surface area contributed by atoms with Crippen molar-refractivity contribution < 1.29 is 8.97 Å². The first-order chi connectivity index (χ1) is 9.33. The molecule has 8 heteroatoms. The lowest BCUT2D eigenvalue weighted by molar-refractivity contribution is -0.877. The predicted molar refractivity (Wildman–Crippen MR) is 107 cm³/mol. The van der Waals surface area contributed by atoms with E-state index in [1.165, 1.54) is 100 Å². The molecule has 0 radical (unpaired) electrons. The molecule has 0 aromatic heterocycles. The Morgan fingerprint density at radius 2 is 0.850 bits per heavy atom. The zero-order valence-corrected chi connectivity index (χ0v) is 17.9. The maximum Gasteiger partial charge on any atom is 0.0784 e. The molecule has 0 spiro atoms. The number of hydrogen-bond acceptors (Lipinski definition) is 6. The molecule has 0 aromatic carbocycles. The highest BCUT2D eigenvalue weighted by Crippen LogP contribution is 2.40. The maximum atomic E-state index is 4.52. The Morgan fingerprint density at radius 1 is 0.600 bits per heavy atom. The van der Waals surface area contributed by atoms with Crippen molar-refractivity contribution in [3.05, 3.63) is 0 Å². The quantitative estimate of drug-likeness (QED) is 0.302. The van der Waals surface area contributed by atoms with Gasteiger partial charge in [0.05, 0.1) is 54.4 Å². The lowest BCUT2D eigenvalue weighted by atomic mass is 10.4. The Labute approximate surface area is 150 Å². The van der Waals surface area contributed by atoms with E-state index in [9.17, 15) is 0 Å². The van der Waals surface area contributed by atoms with Crippen molar-refractivity contribution in [2.75, 3.05) is 54.4 Å². The van der Waals surface area contributed by atoms with E-state index in [0.717, 1.165) is 0 Å². The Hall–Kier alpha value is 2.02. The zero-order chi connectivity index (χ0) is 15.5. The second-order valence-corrected chi connectivity index (χ2v) is 13.5. The Kier molecular flexibility index (Phi) is 13.7. The van der Waals surface area contributed by atoms with Gasteiger partial charge in [0.25, 0.3) is 0 Å². The van der Waals surface area contributed by atoms with Crippen molar-refractivity contribution in [2.24, 2.45) is 0 Å². The van der Waals surface area contributed by atoms with Crippen molar-refractivity contribution in [3.63, 3.8) is 0 Å². The molecule has 0 saturated carbocycles. The highest BCUT2D eigenvalue weighted by Gasteiger charge is 2.20. The number of likely N-dealkylation sites (tertiary alicyclic amines) is 2. The van der Waals surface area contributed by atoms with Crippen molar-refractivity contribution in [1.29, 1.82) is 0 Å². The van der Waals surface area contributed by atoms with Gasteiger partial charge in [-0.2, -0.15) is 0 Å². The summed E-state index contributed by atoms with van der Waals surface area (Å²) in [6.45, 7) is 5.56. The van der Waals surface area contributed by atoms with Gasteiger partial charge in [-0.25, -0.2) is 0 Å². The SMILES string of the molecule is C[N+]1(C)CCCC1.C[N+]1(C)CCCC1.[S-]SSSS[S-]. The molecule has 2 saturated heterocycles. The number of rotatable bonds is 3. The molecule has 0 unspecified atom stereocenters. The topological polar surface area (TPSA) is 0 Å². The van der Waals surface area contributed by atoms with Crippen LogP contribution in [0.15, 0.2) is 0 Å². The second-order valence-electron chi connectivity index (χ2n) is 6.45. The molecule has 2 heterocycles. The van der Waals surface area contributed by atoms with Gasteiger partial charge in [-0.05, 0) is 19.7 Å². The summed E-state index contributed by atoms with van der Waals surface area (Å²) >= 11 is 9.03. The van der Waals surface area contributed by atoms with Crippen LogP contribution in [0.1, 0.15) is 25.7 Å². The van der Waals surface area contributed by atoms with Gasteiger partial charge < -0.3 is 32.3 Å². The standard InChI is InChI=1S/2C6H14N.H2S6/c2*1-7(2)5-3-4-6-7;1-3-5-6-4-2/h2*3-6H2,1-2H3;1-2H/q2*+1;/p-2. The molecule has 20 heavy (non-hydrogen) atoms. The molecule has 2 nitrogen and oxygen atoms in total. The molecular formula is C12H28N2S6. The molecule has 0 amide bonds. The van der Waals surface area contributed by atoms with E-state index in [4.69, 9.17) is 0 Å². The second kappa shape index (κ2) is 12.4. The minimum atomic E-state index is 1.25. The molecule has 0 aromatic rings. The molecular weight excluding hydrogens is 365 g/mol. The van der Waals surface area contributed by atoms with Crippen LogP contribution in [-0.2, 0) is 23.3 Å². The van der Waals surface area contributed by atoms with Crippen molar-refractivity contribution in [2.45, 2.75) is 25.7 Å². The first-order valence-electron chi connectivity index (χ1n) is 6.89. The van der Waals surface area contributed by atoms with Crippen LogP contribution < -0.4 is 0 Å². The van der Waals surface area contributed by atoms with Gasteiger partial charge in [0, 0.05) is 25.7 Å². The van der Waals surface area contributed by atoms with Crippen LogP contribution in [0.3, 0.4) is 0 Å². The third-order valence-corrected chi connectivity index (χ3v) is 10.3. The monoisotopic (exact) mass is 392 g/mol. The van der Waals surface area contributed by atoms with E-state index in [1.54, 1.807) is 0 Å². The van der Waals surface area contributed by atoms with Crippen molar-refractivity contribution in [3.8, 4) is 0 Å². The molecule has 2 rings (SSSR count). The summed E-state index contributed by atoms with van der Waals surface area (Å²) in [5.74, 6) is 0. The Morgan fingerprint density at radius 3 is 0.950 bits per heavy atom. The highest BCUT2D eigenvalue weighted by molar-refractivity contribution is 9.37. The molecule has 2 aliphatic heterocycles. The maximum absolute atomic E-state index is 4.52. The Balaban J connectivity index is 0.000000272. The average molecular weight is 393 g/mol. The Bertz CT molecular complexity index is 198. The summed E-state index contributed by atoms with van der Waals surface area (Å²) in [4.78, 5) is 0. The van der Waals surface area contributed by atoms with Gasteiger partial charge in [-0.15, -0.1) is 0 Å². The zero-order valence-electron chi connectivity index (χ0n) is 13.0. The number of nitrogens with zero attached hydrogens (tertiary/aromatic N) is 2. The van der Waals surface area contributed by atoms with Crippen LogP contribution in [0.2, 0.25) is 0 Å². The van der Waals surface area contributed by atoms with E-state index in [1.807, 2.05) is 0 Å². The minimum Gasteiger partial charge on any atom is -0.706 e. The van der Waals surface area contributed by atoms with E-state index in [-0.39, 0.29) is 0 Å². The predicted octanol–water partition coefficient (Wildman–Crippen LogP) is 4.30. The van der Waals surface area contributed by atoms with E-state index >= 15 is 0 Å². The lowest BCUT2D eigenvalue weighted by Gasteiger charge is -2.21. The fourth-order valence-corrected chi connectivity index (χ4v) is 7.89. The van der Waals surface area contributed by atoms with E-state index in [2.05, 4.69) is 51.5 Å². The van der Waals surface area contributed by atoms with Gasteiger partial charge in [-0.3, -0.25) is 19.7 Å². The summed E-state index contributed by atoms with van der Waals surface area (Å²) < 4.78 is 2.50. The summed E-state index contributed by atoms with van der Waals surface area (Å²) in [5, 5.41) is 0. The summed E-state index contributed by atoms with van der Waals surface area (Å²) in [7, 11) is 14.8. The molecule has 0 atom stereocenters. The van der Waals surface area contributed by atoms with Gasteiger partial charge in [0.15, 0.2) is 0 Å². The van der Waals surface area contributed by atoms with Gasteiger partial charge >= 0.3 is 0 Å². The highest BCUT2D eigenvalue weighted by atomic mass is 33.9. The van der Waals surface area contributed by atoms with Crippen LogP contribution in [0, 0.1) is 0 Å². The van der Waals surface area contributed by atoms with Crippen LogP contribution in [0.25, 0.3) is 0 Å². The summed E-state index contributed by atoms with van der Waals surface area (Å²) in [6.07, 6.45) is 5.75. The number of hydrogen-bond donors (Lipinski definition) is 0. The number of quaternary nitrogens is 2. The molecule has 122 valence electrons. The van der Waals surface area contributed by atoms with Crippen LogP contribution >= 0.6 is 39.3 Å².